The molecule has 0 bridgehead atoms. The number of rotatable bonds is 3. The van der Waals surface area contributed by atoms with Crippen LogP contribution in [-0.2, 0) is 0 Å². The van der Waals surface area contributed by atoms with Gasteiger partial charge in [-0.25, -0.2) is 4.39 Å². The highest BCUT2D eigenvalue weighted by atomic mass is 19.1. The van der Waals surface area contributed by atoms with Crippen LogP contribution in [0, 0.1) is 12.7 Å². The Morgan fingerprint density at radius 2 is 2.23 bits per heavy atom. The van der Waals surface area contributed by atoms with E-state index in [1.165, 1.54) is 6.07 Å². The normalized spacial score (nSPS) is 11.0. The molecule has 0 fully saturated rings. The highest BCUT2D eigenvalue weighted by molar-refractivity contribution is 5.50. The first-order valence-electron chi connectivity index (χ1n) is 4.31. The van der Waals surface area contributed by atoms with Gasteiger partial charge in [0.05, 0.1) is 0 Å². The molecule has 0 unspecified atom stereocenters. The molecule has 0 saturated carbocycles. The van der Waals surface area contributed by atoms with Gasteiger partial charge in [-0.05, 0) is 37.2 Å². The number of likely N-dealkylation sites (N-methyl/N-ethyl adjacent to an activating group) is 1. The van der Waals surface area contributed by atoms with Crippen molar-refractivity contribution in [2.45, 2.75) is 6.92 Å². The van der Waals surface area contributed by atoms with Crippen LogP contribution in [0.3, 0.4) is 0 Å². The third-order valence-corrected chi connectivity index (χ3v) is 1.81. The summed E-state index contributed by atoms with van der Waals surface area (Å²) in [6, 6.07) is 5.10. The lowest BCUT2D eigenvalue weighted by molar-refractivity contribution is 0.618. The molecule has 0 aliphatic heterocycles. The van der Waals surface area contributed by atoms with E-state index in [0.717, 1.165) is 12.1 Å². The Labute approximate surface area is 78.3 Å². The standard InChI is InChI=1S/C11H14FN/c1-9-8-10(4-3-7-13-2)5-6-11(9)12/h3-6,8,13H,7H2,1-2H3/b4-3+. The molecule has 13 heavy (non-hydrogen) atoms. The van der Waals surface area contributed by atoms with Gasteiger partial charge in [-0.3, -0.25) is 0 Å². The molecular formula is C11H14FN. The fraction of sp³-hybridized carbons (Fsp3) is 0.273. The largest absolute Gasteiger partial charge is 0.316 e. The van der Waals surface area contributed by atoms with Crippen LogP contribution in [0.15, 0.2) is 24.3 Å². The highest BCUT2D eigenvalue weighted by Crippen LogP contribution is 2.10. The molecule has 1 N–H and O–H groups in total. The molecule has 0 radical (unpaired) electrons. The fourth-order valence-corrected chi connectivity index (χ4v) is 1.08. The van der Waals surface area contributed by atoms with Gasteiger partial charge in [-0.1, -0.05) is 18.2 Å². The minimum absolute atomic E-state index is 0.147. The van der Waals surface area contributed by atoms with Gasteiger partial charge in [-0.2, -0.15) is 0 Å². The first-order chi connectivity index (χ1) is 6.24. The molecule has 0 heterocycles. The summed E-state index contributed by atoms with van der Waals surface area (Å²) in [7, 11) is 1.89. The van der Waals surface area contributed by atoms with Crippen molar-refractivity contribution in [2.24, 2.45) is 0 Å². The Morgan fingerprint density at radius 1 is 1.46 bits per heavy atom. The van der Waals surface area contributed by atoms with Crippen LogP contribution in [0.5, 0.6) is 0 Å². The number of aryl methyl sites for hydroxylation is 1. The van der Waals surface area contributed by atoms with E-state index in [1.54, 1.807) is 13.0 Å². The van der Waals surface area contributed by atoms with E-state index in [1.807, 2.05) is 25.3 Å². The number of nitrogens with one attached hydrogen (secondary N) is 1. The van der Waals surface area contributed by atoms with Crippen molar-refractivity contribution in [3.05, 3.63) is 41.2 Å². The molecule has 0 atom stereocenters. The molecular weight excluding hydrogens is 165 g/mol. The Hall–Kier alpha value is -1.15. The number of benzene rings is 1. The summed E-state index contributed by atoms with van der Waals surface area (Å²) in [6.07, 6.45) is 3.98. The third kappa shape index (κ3) is 2.99. The molecule has 70 valence electrons. The lowest BCUT2D eigenvalue weighted by Crippen LogP contribution is -2.03. The van der Waals surface area contributed by atoms with E-state index in [9.17, 15) is 4.39 Å². The lowest BCUT2D eigenvalue weighted by Gasteiger charge is -1.97. The third-order valence-electron chi connectivity index (χ3n) is 1.81. The van der Waals surface area contributed by atoms with Gasteiger partial charge in [0.2, 0.25) is 0 Å². The van der Waals surface area contributed by atoms with Crippen molar-refractivity contribution in [2.75, 3.05) is 13.6 Å². The van der Waals surface area contributed by atoms with Crippen LogP contribution >= 0.6 is 0 Å². The molecule has 0 spiro atoms. The average molecular weight is 179 g/mol. The maximum Gasteiger partial charge on any atom is 0.126 e. The first kappa shape index (κ1) is 9.93. The van der Waals surface area contributed by atoms with Crippen molar-refractivity contribution < 1.29 is 4.39 Å². The predicted molar refractivity (Wildman–Crippen MR) is 54.1 cm³/mol. The molecule has 0 aliphatic carbocycles. The molecule has 1 aromatic rings. The summed E-state index contributed by atoms with van der Waals surface area (Å²) in [5.41, 5.74) is 1.72. The molecule has 0 aromatic heterocycles. The molecule has 0 amide bonds. The summed E-state index contributed by atoms with van der Waals surface area (Å²) in [5, 5.41) is 3.00. The van der Waals surface area contributed by atoms with Crippen molar-refractivity contribution in [1.82, 2.24) is 5.32 Å². The smallest absolute Gasteiger partial charge is 0.126 e. The number of halogens is 1. The maximum absolute atomic E-state index is 12.9. The van der Waals surface area contributed by atoms with Crippen LogP contribution in [0.1, 0.15) is 11.1 Å². The molecule has 1 nitrogen and oxygen atoms in total. The van der Waals surface area contributed by atoms with E-state index in [-0.39, 0.29) is 5.82 Å². The number of hydrogen-bond acceptors (Lipinski definition) is 1. The summed E-state index contributed by atoms with van der Waals surface area (Å²) in [6.45, 7) is 2.60. The van der Waals surface area contributed by atoms with Crippen molar-refractivity contribution in [1.29, 1.82) is 0 Å². The second-order valence-corrected chi connectivity index (χ2v) is 2.97. The van der Waals surface area contributed by atoms with Gasteiger partial charge in [-0.15, -0.1) is 0 Å². The van der Waals surface area contributed by atoms with Gasteiger partial charge in [0.15, 0.2) is 0 Å². The van der Waals surface area contributed by atoms with E-state index in [4.69, 9.17) is 0 Å². The minimum Gasteiger partial charge on any atom is -0.316 e. The molecule has 1 aromatic carbocycles. The Balaban J connectivity index is 2.73. The number of hydrogen-bond donors (Lipinski definition) is 1. The Morgan fingerprint density at radius 3 is 2.85 bits per heavy atom. The van der Waals surface area contributed by atoms with Crippen LogP contribution in [0.25, 0.3) is 6.08 Å². The van der Waals surface area contributed by atoms with Crippen molar-refractivity contribution >= 4 is 6.08 Å². The highest BCUT2D eigenvalue weighted by Gasteiger charge is 1.95. The Kier molecular flexibility index (Phi) is 3.65. The summed E-state index contributed by atoms with van der Waals surface area (Å²) in [4.78, 5) is 0. The molecule has 2 heteroatoms. The maximum atomic E-state index is 12.9. The average Bonchev–Trinajstić information content (AvgIpc) is 2.12. The zero-order valence-corrected chi connectivity index (χ0v) is 7.97. The zero-order chi connectivity index (χ0) is 9.68. The van der Waals surface area contributed by atoms with Gasteiger partial charge in [0.25, 0.3) is 0 Å². The lowest BCUT2D eigenvalue weighted by atomic mass is 10.1. The monoisotopic (exact) mass is 179 g/mol. The van der Waals surface area contributed by atoms with E-state index >= 15 is 0 Å². The molecule has 0 aliphatic rings. The van der Waals surface area contributed by atoms with Crippen LogP contribution in [0.4, 0.5) is 4.39 Å². The minimum atomic E-state index is -0.147. The quantitative estimate of drug-likeness (QED) is 0.751. The second kappa shape index (κ2) is 4.77. The van der Waals surface area contributed by atoms with Crippen molar-refractivity contribution in [3.63, 3.8) is 0 Å². The fourth-order valence-electron chi connectivity index (χ4n) is 1.08. The SMILES string of the molecule is CNC/C=C/c1ccc(F)c(C)c1. The van der Waals surface area contributed by atoms with Gasteiger partial charge >= 0.3 is 0 Å². The molecule has 0 saturated heterocycles. The second-order valence-electron chi connectivity index (χ2n) is 2.97. The zero-order valence-electron chi connectivity index (χ0n) is 7.97. The van der Waals surface area contributed by atoms with Crippen LogP contribution < -0.4 is 5.32 Å². The Bertz CT molecular complexity index is 305. The van der Waals surface area contributed by atoms with Crippen molar-refractivity contribution in [3.8, 4) is 0 Å². The molecule has 1 rings (SSSR count). The van der Waals surface area contributed by atoms with E-state index in [2.05, 4.69) is 5.32 Å². The van der Waals surface area contributed by atoms with Gasteiger partial charge in [0.1, 0.15) is 5.82 Å². The summed E-state index contributed by atoms with van der Waals surface area (Å²) < 4.78 is 12.9. The van der Waals surface area contributed by atoms with Gasteiger partial charge in [0, 0.05) is 6.54 Å². The van der Waals surface area contributed by atoms with E-state index < -0.39 is 0 Å². The predicted octanol–water partition coefficient (Wildman–Crippen LogP) is 2.37. The first-order valence-corrected chi connectivity index (χ1v) is 4.31. The summed E-state index contributed by atoms with van der Waals surface area (Å²) in [5.74, 6) is -0.147. The van der Waals surface area contributed by atoms with Gasteiger partial charge < -0.3 is 5.32 Å². The summed E-state index contributed by atoms with van der Waals surface area (Å²) >= 11 is 0. The topological polar surface area (TPSA) is 12.0 Å². The van der Waals surface area contributed by atoms with Crippen LogP contribution in [0.2, 0.25) is 0 Å². The van der Waals surface area contributed by atoms with Crippen LogP contribution in [-0.4, -0.2) is 13.6 Å². The van der Waals surface area contributed by atoms with E-state index in [0.29, 0.717) is 5.56 Å².